The summed E-state index contributed by atoms with van der Waals surface area (Å²) in [5.41, 5.74) is 9.94. The number of rotatable bonds is 4. The van der Waals surface area contributed by atoms with Crippen molar-refractivity contribution in [3.63, 3.8) is 0 Å². The average Bonchev–Trinajstić information content (AvgIpc) is 3.39. The zero-order chi connectivity index (χ0) is 22.7. The second-order valence-corrected chi connectivity index (χ2v) is 7.24. The normalized spacial score (nSPS) is 14.0. The molecule has 10 nitrogen and oxygen atoms in total. The van der Waals surface area contributed by atoms with Crippen LogP contribution < -0.4 is 16.3 Å². The number of aryl methyl sites for hydroxylation is 2. The highest BCUT2D eigenvalue weighted by Crippen LogP contribution is 2.29. The molecule has 0 aliphatic heterocycles. The molecular weight excluding hydrogens is 414 g/mol. The molecule has 164 valence electrons. The number of carbonyl (C=O) groups excluding carboxylic acids is 3. The molecule has 0 saturated heterocycles. The Balaban J connectivity index is 1.49. The number of hydrogen-bond donors (Lipinski definition) is 3. The van der Waals surface area contributed by atoms with Crippen LogP contribution in [-0.2, 0) is 6.42 Å². The molecule has 0 radical (unpaired) electrons. The van der Waals surface area contributed by atoms with Crippen molar-refractivity contribution in [1.82, 2.24) is 21.3 Å². The van der Waals surface area contributed by atoms with Gasteiger partial charge in [0.1, 0.15) is 11.5 Å². The van der Waals surface area contributed by atoms with Gasteiger partial charge in [0.05, 0.1) is 17.5 Å². The van der Waals surface area contributed by atoms with E-state index in [9.17, 15) is 14.4 Å². The Morgan fingerprint density at radius 1 is 1.00 bits per heavy atom. The minimum Gasteiger partial charge on any atom is -0.469 e. The number of fused-ring (bicyclic) bond motifs is 1. The summed E-state index contributed by atoms with van der Waals surface area (Å²) in [4.78, 5) is 41.0. The first kappa shape index (κ1) is 21.0. The van der Waals surface area contributed by atoms with Crippen molar-refractivity contribution >= 4 is 23.4 Å². The van der Waals surface area contributed by atoms with Crippen LogP contribution in [0.15, 0.2) is 50.8 Å². The highest BCUT2D eigenvalue weighted by molar-refractivity contribution is 6.07. The van der Waals surface area contributed by atoms with E-state index in [2.05, 4.69) is 26.4 Å². The maximum absolute atomic E-state index is 12.6. The summed E-state index contributed by atoms with van der Waals surface area (Å²) in [5.74, 6) is -0.312. The molecule has 0 bridgehead atoms. The van der Waals surface area contributed by atoms with Gasteiger partial charge >= 0.3 is 5.91 Å². The van der Waals surface area contributed by atoms with Crippen LogP contribution in [0.4, 0.5) is 0 Å². The van der Waals surface area contributed by atoms with Crippen LogP contribution in [0.25, 0.3) is 0 Å². The minimum atomic E-state index is -0.591. The van der Waals surface area contributed by atoms with Crippen molar-refractivity contribution in [2.24, 2.45) is 5.10 Å². The van der Waals surface area contributed by atoms with Crippen molar-refractivity contribution in [2.45, 2.75) is 33.1 Å². The van der Waals surface area contributed by atoms with Crippen LogP contribution in [0.2, 0.25) is 0 Å². The van der Waals surface area contributed by atoms with Crippen LogP contribution in [0.5, 0.6) is 0 Å². The van der Waals surface area contributed by atoms with Crippen molar-refractivity contribution < 1.29 is 23.2 Å². The molecule has 3 amide bonds. The van der Waals surface area contributed by atoms with Crippen molar-refractivity contribution in [2.75, 3.05) is 0 Å². The van der Waals surface area contributed by atoms with Gasteiger partial charge < -0.3 is 8.83 Å². The Morgan fingerprint density at radius 2 is 1.75 bits per heavy atom. The summed E-state index contributed by atoms with van der Waals surface area (Å²) >= 11 is 0. The van der Waals surface area contributed by atoms with E-state index in [0.29, 0.717) is 52.3 Å². The van der Waals surface area contributed by atoms with Gasteiger partial charge in [-0.2, -0.15) is 5.10 Å². The van der Waals surface area contributed by atoms with E-state index in [1.807, 2.05) is 0 Å². The summed E-state index contributed by atoms with van der Waals surface area (Å²) in [6.45, 7) is 3.39. The van der Waals surface area contributed by atoms with Crippen molar-refractivity contribution in [1.29, 1.82) is 0 Å². The molecule has 0 spiro atoms. The molecule has 0 unspecified atom stereocenters. The summed E-state index contributed by atoms with van der Waals surface area (Å²) in [7, 11) is 0. The first-order chi connectivity index (χ1) is 15.5. The predicted molar refractivity (Wildman–Crippen MR) is 113 cm³/mol. The molecule has 1 aliphatic carbocycles. The minimum absolute atomic E-state index is 0.0780. The Kier molecular flexibility index (Phi) is 5.84. The molecule has 0 fully saturated rings. The van der Waals surface area contributed by atoms with Gasteiger partial charge in [-0.3, -0.25) is 30.2 Å². The SMILES string of the molecule is Cc1occc1C(=O)NNC(=O)c1oc2c(c1C)/C(=N/NC(=O)c1ccncc1)CCC2. The zero-order valence-electron chi connectivity index (χ0n) is 17.5. The van der Waals surface area contributed by atoms with Crippen LogP contribution in [-0.4, -0.2) is 28.4 Å². The third-order valence-corrected chi connectivity index (χ3v) is 5.16. The number of pyridine rings is 1. The van der Waals surface area contributed by atoms with Crippen LogP contribution in [0, 0.1) is 13.8 Å². The van der Waals surface area contributed by atoms with E-state index in [0.717, 1.165) is 6.42 Å². The van der Waals surface area contributed by atoms with Gasteiger partial charge in [0.15, 0.2) is 5.76 Å². The van der Waals surface area contributed by atoms with E-state index in [1.54, 1.807) is 26.0 Å². The number of carbonyl (C=O) groups is 3. The first-order valence-electron chi connectivity index (χ1n) is 10.00. The number of aromatic nitrogens is 1. The standard InChI is InChI=1S/C22H21N5O5/c1-12-18-16(24-25-20(28)14-6-9-23-10-7-14)4-3-5-17(18)32-19(12)22(30)27-26-21(29)15-8-11-31-13(15)2/h6-11H,3-5H2,1-2H3,(H,25,28)(H,26,29)(H,27,30)/b24-16+. The lowest BCUT2D eigenvalue weighted by Gasteiger charge is -2.13. The Bertz CT molecular complexity index is 1210. The Hall–Kier alpha value is -4.21. The summed E-state index contributed by atoms with van der Waals surface area (Å²) in [6, 6.07) is 4.69. The van der Waals surface area contributed by atoms with Crippen molar-refractivity contribution in [3.8, 4) is 0 Å². The third kappa shape index (κ3) is 4.15. The van der Waals surface area contributed by atoms with E-state index in [4.69, 9.17) is 8.83 Å². The maximum atomic E-state index is 12.6. The summed E-state index contributed by atoms with van der Waals surface area (Å²) in [6.07, 6.45) is 6.48. The lowest BCUT2D eigenvalue weighted by molar-refractivity contribution is 0.0828. The number of nitrogens with zero attached hydrogens (tertiary/aromatic N) is 2. The number of amides is 3. The fraction of sp³-hybridized carbons (Fsp3) is 0.227. The lowest BCUT2D eigenvalue weighted by atomic mass is 9.93. The van der Waals surface area contributed by atoms with Crippen LogP contribution in [0.3, 0.4) is 0 Å². The molecule has 3 aromatic heterocycles. The summed E-state index contributed by atoms with van der Waals surface area (Å²) < 4.78 is 10.9. The fourth-order valence-corrected chi connectivity index (χ4v) is 3.54. The van der Waals surface area contributed by atoms with Gasteiger partial charge in [-0.1, -0.05) is 0 Å². The second kappa shape index (κ2) is 8.88. The fourth-order valence-electron chi connectivity index (χ4n) is 3.54. The smallest absolute Gasteiger partial charge is 0.305 e. The summed E-state index contributed by atoms with van der Waals surface area (Å²) in [5, 5.41) is 4.28. The van der Waals surface area contributed by atoms with Gasteiger partial charge in [0.25, 0.3) is 11.8 Å². The molecular formula is C22H21N5O5. The Labute approximate surface area is 183 Å². The molecule has 0 aromatic carbocycles. The lowest BCUT2D eigenvalue weighted by Crippen LogP contribution is -2.41. The molecule has 32 heavy (non-hydrogen) atoms. The molecule has 0 saturated carbocycles. The van der Waals surface area contributed by atoms with Gasteiger partial charge in [-0.15, -0.1) is 0 Å². The highest BCUT2D eigenvalue weighted by Gasteiger charge is 2.28. The number of hydrazine groups is 1. The zero-order valence-corrected chi connectivity index (χ0v) is 17.5. The van der Waals surface area contributed by atoms with E-state index < -0.39 is 11.8 Å². The molecule has 1 aliphatic rings. The number of nitrogens with one attached hydrogen (secondary N) is 3. The molecule has 3 aromatic rings. The van der Waals surface area contributed by atoms with Crippen LogP contribution in [0.1, 0.15) is 66.8 Å². The van der Waals surface area contributed by atoms with E-state index in [-0.39, 0.29) is 11.7 Å². The number of hydrogen-bond acceptors (Lipinski definition) is 7. The largest absolute Gasteiger partial charge is 0.469 e. The second-order valence-electron chi connectivity index (χ2n) is 7.24. The van der Waals surface area contributed by atoms with Gasteiger partial charge in [-0.25, -0.2) is 5.43 Å². The van der Waals surface area contributed by atoms with E-state index in [1.165, 1.54) is 24.7 Å². The number of hydrazone groups is 1. The monoisotopic (exact) mass is 435 g/mol. The Morgan fingerprint density at radius 3 is 2.47 bits per heavy atom. The topological polar surface area (TPSA) is 139 Å². The molecule has 4 rings (SSSR count). The average molecular weight is 435 g/mol. The van der Waals surface area contributed by atoms with E-state index >= 15 is 0 Å². The van der Waals surface area contributed by atoms with Gasteiger partial charge in [-0.05, 0) is 44.9 Å². The molecule has 3 heterocycles. The van der Waals surface area contributed by atoms with Gasteiger partial charge in [0, 0.05) is 35.5 Å². The first-order valence-corrected chi connectivity index (χ1v) is 10.00. The number of furan rings is 2. The molecule has 0 atom stereocenters. The quantitative estimate of drug-likeness (QED) is 0.538. The highest BCUT2D eigenvalue weighted by atomic mass is 16.4. The third-order valence-electron chi connectivity index (χ3n) is 5.16. The molecule has 10 heteroatoms. The van der Waals surface area contributed by atoms with Crippen LogP contribution >= 0.6 is 0 Å². The van der Waals surface area contributed by atoms with Crippen molar-refractivity contribution in [3.05, 3.63) is 76.4 Å². The molecule has 3 N–H and O–H groups in total. The predicted octanol–water partition coefficient (Wildman–Crippen LogP) is 2.43. The van der Waals surface area contributed by atoms with Gasteiger partial charge in [0.2, 0.25) is 0 Å². The maximum Gasteiger partial charge on any atom is 0.305 e.